The zero-order valence-corrected chi connectivity index (χ0v) is 15.0. The molecular weight excluding hydrogens is 367 g/mol. The number of carbonyl (C=O) groups is 1. The highest BCUT2D eigenvalue weighted by Crippen LogP contribution is 2.44. The number of hydrogen-bond acceptors (Lipinski definition) is 2. The van der Waals surface area contributed by atoms with Crippen molar-refractivity contribution in [2.24, 2.45) is 0 Å². The van der Waals surface area contributed by atoms with E-state index < -0.39 is 17.5 Å². The van der Waals surface area contributed by atoms with Gasteiger partial charge in [-0.25, -0.2) is 13.2 Å². The Bertz CT molecular complexity index is 1100. The number of carbonyl (C=O) groups excluding carboxylic acids is 1. The Morgan fingerprint density at radius 2 is 1.79 bits per heavy atom. The first-order valence-electron chi connectivity index (χ1n) is 9.27. The maximum absolute atomic E-state index is 14.0. The van der Waals surface area contributed by atoms with Crippen molar-refractivity contribution in [3.63, 3.8) is 0 Å². The first-order valence-corrected chi connectivity index (χ1v) is 9.27. The molecule has 0 atom stereocenters. The molecule has 0 bridgehead atoms. The number of fused-ring (bicyclic) bond motifs is 3. The van der Waals surface area contributed by atoms with Crippen molar-refractivity contribution in [1.82, 2.24) is 9.88 Å². The van der Waals surface area contributed by atoms with Gasteiger partial charge in [0.2, 0.25) is 0 Å². The lowest BCUT2D eigenvalue weighted by Crippen LogP contribution is -2.46. The predicted molar refractivity (Wildman–Crippen MR) is 99.9 cm³/mol. The molecule has 0 aliphatic carbocycles. The van der Waals surface area contributed by atoms with Crippen LogP contribution in [-0.2, 0) is 5.41 Å². The van der Waals surface area contributed by atoms with Gasteiger partial charge in [-0.2, -0.15) is 0 Å². The van der Waals surface area contributed by atoms with E-state index in [0.29, 0.717) is 13.1 Å². The summed E-state index contributed by atoms with van der Waals surface area (Å²) >= 11 is 0. The van der Waals surface area contributed by atoms with Crippen LogP contribution in [0.5, 0.6) is 0 Å². The van der Waals surface area contributed by atoms with Crippen molar-refractivity contribution < 1.29 is 18.0 Å². The monoisotopic (exact) mass is 385 g/mol. The molecule has 1 aromatic heterocycles. The lowest BCUT2D eigenvalue weighted by Gasteiger charge is -2.39. The maximum Gasteiger partial charge on any atom is 0.270 e. The quantitative estimate of drug-likeness (QED) is 0.618. The Balaban J connectivity index is 1.38. The summed E-state index contributed by atoms with van der Waals surface area (Å²) in [7, 11) is 0. The molecule has 0 unspecified atom stereocenters. The van der Waals surface area contributed by atoms with Crippen molar-refractivity contribution in [1.29, 1.82) is 0 Å². The fourth-order valence-electron chi connectivity index (χ4n) is 4.51. The average molecular weight is 385 g/mol. The SMILES string of the molecule is O=C(c1cc2c(F)c(F)c(F)cc2[nH]1)N1CCC2(CC1)CNc1ccccc12. The van der Waals surface area contributed by atoms with Crippen molar-refractivity contribution in [2.75, 3.05) is 25.0 Å². The molecule has 2 N–H and O–H groups in total. The van der Waals surface area contributed by atoms with Crippen LogP contribution in [0.3, 0.4) is 0 Å². The number of nitrogens with one attached hydrogen (secondary N) is 2. The number of nitrogens with zero attached hydrogens (tertiary/aromatic N) is 1. The van der Waals surface area contributed by atoms with Crippen LogP contribution in [0.4, 0.5) is 18.9 Å². The van der Waals surface area contributed by atoms with Crippen molar-refractivity contribution in [3.8, 4) is 0 Å². The molecule has 3 aromatic rings. The number of halogens is 3. The Labute approximate surface area is 159 Å². The number of aromatic nitrogens is 1. The molecule has 1 amide bonds. The van der Waals surface area contributed by atoms with Crippen LogP contribution in [0, 0.1) is 17.5 Å². The summed E-state index contributed by atoms with van der Waals surface area (Å²) in [4.78, 5) is 17.3. The Morgan fingerprint density at radius 1 is 1.04 bits per heavy atom. The van der Waals surface area contributed by atoms with E-state index in [0.717, 1.165) is 31.1 Å². The molecule has 7 heteroatoms. The fourth-order valence-corrected chi connectivity index (χ4v) is 4.51. The molecular formula is C21H18F3N3O. The van der Waals surface area contributed by atoms with Gasteiger partial charge < -0.3 is 15.2 Å². The van der Waals surface area contributed by atoms with Gasteiger partial charge in [-0.05, 0) is 30.5 Å². The summed E-state index contributed by atoms with van der Waals surface area (Å²) in [5, 5.41) is 3.33. The van der Waals surface area contributed by atoms with Crippen LogP contribution < -0.4 is 5.32 Å². The standard InChI is InChI=1S/C21H18F3N3O/c22-14-10-16-12(18(23)19(14)24)9-17(26-16)20(28)27-7-5-21(6-8-27)11-25-15-4-2-1-3-13(15)21/h1-4,9-10,25-26H,5-8,11H2. The second-order valence-electron chi connectivity index (χ2n) is 7.60. The van der Waals surface area contributed by atoms with Crippen LogP contribution in [0.2, 0.25) is 0 Å². The molecule has 2 aromatic carbocycles. The number of hydrogen-bond donors (Lipinski definition) is 2. The van der Waals surface area contributed by atoms with Crippen LogP contribution in [0.15, 0.2) is 36.4 Å². The first-order chi connectivity index (χ1) is 13.5. The normalized spacial score (nSPS) is 17.8. The van der Waals surface area contributed by atoms with Gasteiger partial charge in [0.05, 0.1) is 5.52 Å². The van der Waals surface area contributed by atoms with Gasteiger partial charge in [0.25, 0.3) is 5.91 Å². The summed E-state index contributed by atoms with van der Waals surface area (Å²) in [6.07, 6.45) is 1.64. The van der Waals surface area contributed by atoms with Crippen LogP contribution in [0.25, 0.3) is 10.9 Å². The molecule has 144 valence electrons. The van der Waals surface area contributed by atoms with Gasteiger partial charge in [-0.1, -0.05) is 18.2 Å². The Morgan fingerprint density at radius 3 is 2.57 bits per heavy atom. The van der Waals surface area contributed by atoms with Crippen molar-refractivity contribution in [3.05, 3.63) is 65.1 Å². The molecule has 2 aliphatic heterocycles. The Hall–Kier alpha value is -2.96. The summed E-state index contributed by atoms with van der Waals surface area (Å²) < 4.78 is 40.8. The molecule has 4 nitrogen and oxygen atoms in total. The topological polar surface area (TPSA) is 48.1 Å². The summed E-state index contributed by atoms with van der Waals surface area (Å²) in [6.45, 7) is 1.98. The van der Waals surface area contributed by atoms with Gasteiger partial charge in [-0.15, -0.1) is 0 Å². The number of benzene rings is 2. The second kappa shape index (κ2) is 6.02. The van der Waals surface area contributed by atoms with Gasteiger partial charge in [0.15, 0.2) is 17.5 Å². The third-order valence-electron chi connectivity index (χ3n) is 6.11. The van der Waals surface area contributed by atoms with Crippen molar-refractivity contribution in [2.45, 2.75) is 18.3 Å². The average Bonchev–Trinajstić information content (AvgIpc) is 3.29. The zero-order valence-electron chi connectivity index (χ0n) is 15.0. The van der Waals surface area contributed by atoms with E-state index in [1.807, 2.05) is 12.1 Å². The number of aromatic amines is 1. The number of likely N-dealkylation sites (tertiary alicyclic amines) is 1. The highest BCUT2D eigenvalue weighted by molar-refractivity contribution is 5.98. The van der Waals surface area contributed by atoms with E-state index in [1.54, 1.807) is 4.90 Å². The third-order valence-corrected chi connectivity index (χ3v) is 6.11. The van der Waals surface area contributed by atoms with Crippen LogP contribution >= 0.6 is 0 Å². The molecule has 1 fully saturated rings. The number of rotatable bonds is 1. The van der Waals surface area contributed by atoms with E-state index in [2.05, 4.69) is 22.4 Å². The molecule has 5 rings (SSSR count). The van der Waals surface area contributed by atoms with Crippen LogP contribution in [-0.4, -0.2) is 35.4 Å². The molecule has 28 heavy (non-hydrogen) atoms. The minimum atomic E-state index is -1.53. The van der Waals surface area contributed by atoms with E-state index >= 15 is 0 Å². The second-order valence-corrected chi connectivity index (χ2v) is 7.60. The smallest absolute Gasteiger partial charge is 0.270 e. The summed E-state index contributed by atoms with van der Waals surface area (Å²) in [5.41, 5.74) is 2.67. The molecule has 1 saturated heterocycles. The highest BCUT2D eigenvalue weighted by atomic mass is 19.2. The largest absolute Gasteiger partial charge is 0.384 e. The van der Waals surface area contributed by atoms with E-state index in [-0.39, 0.29) is 27.9 Å². The number of amides is 1. The van der Waals surface area contributed by atoms with E-state index in [4.69, 9.17) is 0 Å². The Kier molecular flexibility index (Phi) is 3.69. The third kappa shape index (κ3) is 2.42. The van der Waals surface area contributed by atoms with Gasteiger partial charge >= 0.3 is 0 Å². The van der Waals surface area contributed by atoms with E-state index in [1.165, 1.54) is 11.6 Å². The van der Waals surface area contributed by atoms with Gasteiger partial charge in [0, 0.05) is 42.2 Å². The lowest BCUT2D eigenvalue weighted by atomic mass is 9.74. The van der Waals surface area contributed by atoms with Gasteiger partial charge in [0.1, 0.15) is 5.69 Å². The number of para-hydroxylation sites is 1. The highest BCUT2D eigenvalue weighted by Gasteiger charge is 2.42. The summed E-state index contributed by atoms with van der Waals surface area (Å²) in [6, 6.07) is 10.4. The number of H-pyrrole nitrogens is 1. The number of piperidine rings is 1. The lowest BCUT2D eigenvalue weighted by molar-refractivity contribution is 0.0671. The molecule has 2 aliphatic rings. The van der Waals surface area contributed by atoms with E-state index in [9.17, 15) is 18.0 Å². The van der Waals surface area contributed by atoms with Crippen molar-refractivity contribution >= 4 is 22.5 Å². The minimum absolute atomic E-state index is 0.0200. The predicted octanol–water partition coefficient (Wildman–Crippen LogP) is 4.18. The first kappa shape index (κ1) is 17.2. The van der Waals surface area contributed by atoms with Gasteiger partial charge in [-0.3, -0.25) is 4.79 Å². The molecule has 0 saturated carbocycles. The summed E-state index contributed by atoms with van der Waals surface area (Å²) in [5.74, 6) is -4.38. The fraction of sp³-hybridized carbons (Fsp3) is 0.286. The minimum Gasteiger partial charge on any atom is -0.384 e. The van der Waals surface area contributed by atoms with Crippen LogP contribution in [0.1, 0.15) is 28.9 Å². The molecule has 3 heterocycles. The molecule has 1 spiro atoms. The number of anilines is 1. The zero-order chi connectivity index (χ0) is 19.5. The molecule has 0 radical (unpaired) electrons. The maximum atomic E-state index is 14.0.